The third-order valence-corrected chi connectivity index (χ3v) is 4.24. The Bertz CT molecular complexity index is 853. The largest absolute Gasteiger partial charge is 0.449 e. The van der Waals surface area contributed by atoms with Crippen LogP contribution in [0.3, 0.4) is 0 Å². The molecule has 0 radical (unpaired) electrons. The Labute approximate surface area is 158 Å². The fraction of sp³-hybridized carbons (Fsp3) is 0.350. The molecule has 1 aromatic carbocycles. The number of amides is 2. The average molecular weight is 371 g/mol. The minimum atomic E-state index is -0.947. The molecule has 0 unspecified atom stereocenters. The summed E-state index contributed by atoms with van der Waals surface area (Å²) in [6, 6.07) is 8.44. The number of benzene rings is 1. The van der Waals surface area contributed by atoms with Crippen molar-refractivity contribution in [2.75, 3.05) is 10.6 Å². The molecule has 1 heterocycles. The number of hydrogen-bond acceptors (Lipinski definition) is 4. The van der Waals surface area contributed by atoms with Gasteiger partial charge in [0.2, 0.25) is 5.91 Å². The van der Waals surface area contributed by atoms with Crippen LogP contribution in [0.2, 0.25) is 0 Å². The van der Waals surface area contributed by atoms with E-state index in [0.29, 0.717) is 16.9 Å². The number of nitrogens with one attached hydrogen (secondary N) is 2. The molecule has 0 aliphatic rings. The van der Waals surface area contributed by atoms with Crippen LogP contribution in [0.25, 0.3) is 0 Å². The molecule has 0 spiro atoms. The Morgan fingerprint density at radius 3 is 2.11 bits per heavy atom. The SMILES string of the molecule is CCn1c(C)cc(C(=O)O[C@H](C)C(=O)Nc2ccc(NC(C)=O)cc2)c1C. The Morgan fingerprint density at radius 2 is 1.63 bits per heavy atom. The normalized spacial score (nSPS) is 11.6. The maximum absolute atomic E-state index is 12.4. The lowest BCUT2D eigenvalue weighted by Gasteiger charge is -2.14. The zero-order valence-electron chi connectivity index (χ0n) is 16.3. The minimum Gasteiger partial charge on any atom is -0.449 e. The number of anilines is 2. The van der Waals surface area contributed by atoms with Gasteiger partial charge < -0.3 is 19.9 Å². The van der Waals surface area contributed by atoms with E-state index in [-0.39, 0.29) is 5.91 Å². The quantitative estimate of drug-likeness (QED) is 0.763. The lowest BCUT2D eigenvalue weighted by Crippen LogP contribution is -2.30. The molecule has 0 saturated carbocycles. The van der Waals surface area contributed by atoms with Crippen molar-refractivity contribution in [1.82, 2.24) is 4.57 Å². The van der Waals surface area contributed by atoms with E-state index >= 15 is 0 Å². The average Bonchev–Trinajstić information content (AvgIpc) is 2.89. The highest BCUT2D eigenvalue weighted by molar-refractivity contribution is 5.98. The molecule has 1 aromatic heterocycles. The predicted molar refractivity (Wildman–Crippen MR) is 104 cm³/mol. The molecule has 1 atom stereocenters. The number of hydrogen-bond donors (Lipinski definition) is 2. The van der Waals surface area contributed by atoms with E-state index in [0.717, 1.165) is 17.9 Å². The zero-order valence-corrected chi connectivity index (χ0v) is 16.3. The molecule has 0 fully saturated rings. The van der Waals surface area contributed by atoms with Crippen LogP contribution in [0, 0.1) is 13.8 Å². The van der Waals surface area contributed by atoms with Crippen molar-refractivity contribution in [2.24, 2.45) is 0 Å². The summed E-state index contributed by atoms with van der Waals surface area (Å²) in [5.41, 5.74) is 3.43. The molecule has 2 N–H and O–H groups in total. The standard InChI is InChI=1S/C20H25N3O4/c1-6-23-12(2)11-18(13(23)3)20(26)27-14(4)19(25)22-17-9-7-16(8-10-17)21-15(5)24/h7-11,14H,6H2,1-5H3,(H,21,24)(H,22,25)/t14-/m1/s1. The number of aromatic nitrogens is 1. The van der Waals surface area contributed by atoms with Crippen LogP contribution >= 0.6 is 0 Å². The van der Waals surface area contributed by atoms with Gasteiger partial charge in [-0.1, -0.05) is 0 Å². The molecular weight excluding hydrogens is 346 g/mol. The molecule has 0 bridgehead atoms. The summed E-state index contributed by atoms with van der Waals surface area (Å²) in [4.78, 5) is 35.7. The van der Waals surface area contributed by atoms with Gasteiger partial charge in [0.15, 0.2) is 6.10 Å². The van der Waals surface area contributed by atoms with E-state index in [1.54, 1.807) is 30.3 Å². The van der Waals surface area contributed by atoms with Gasteiger partial charge in [-0.25, -0.2) is 4.79 Å². The van der Waals surface area contributed by atoms with Crippen molar-refractivity contribution >= 4 is 29.2 Å². The van der Waals surface area contributed by atoms with Crippen molar-refractivity contribution in [2.45, 2.75) is 47.3 Å². The number of nitrogens with zero attached hydrogens (tertiary/aromatic N) is 1. The number of ether oxygens (including phenoxy) is 1. The summed E-state index contributed by atoms with van der Waals surface area (Å²) in [7, 11) is 0. The second kappa shape index (κ2) is 8.53. The first-order chi connectivity index (χ1) is 12.7. The number of carbonyl (C=O) groups excluding carboxylic acids is 3. The highest BCUT2D eigenvalue weighted by atomic mass is 16.5. The predicted octanol–water partition coefficient (Wildman–Crippen LogP) is 3.27. The van der Waals surface area contributed by atoms with Gasteiger partial charge in [-0.2, -0.15) is 0 Å². The van der Waals surface area contributed by atoms with Gasteiger partial charge in [0.1, 0.15) is 0 Å². The molecule has 2 amide bonds. The van der Waals surface area contributed by atoms with E-state index in [1.807, 2.05) is 25.3 Å². The second-order valence-corrected chi connectivity index (χ2v) is 6.32. The van der Waals surface area contributed by atoms with Crippen LogP contribution in [0.5, 0.6) is 0 Å². The first-order valence-corrected chi connectivity index (χ1v) is 8.79. The van der Waals surface area contributed by atoms with E-state index in [9.17, 15) is 14.4 Å². The number of carbonyl (C=O) groups is 3. The Kier molecular flexibility index (Phi) is 6.39. The fourth-order valence-electron chi connectivity index (χ4n) is 2.86. The molecule has 0 aliphatic heterocycles. The van der Waals surface area contributed by atoms with Crippen LogP contribution < -0.4 is 10.6 Å². The molecular formula is C20H25N3O4. The van der Waals surface area contributed by atoms with E-state index in [4.69, 9.17) is 4.74 Å². The van der Waals surface area contributed by atoms with Gasteiger partial charge >= 0.3 is 5.97 Å². The Hall–Kier alpha value is -3.09. The lowest BCUT2D eigenvalue weighted by atomic mass is 10.2. The zero-order chi connectivity index (χ0) is 20.1. The minimum absolute atomic E-state index is 0.172. The summed E-state index contributed by atoms with van der Waals surface area (Å²) in [5, 5.41) is 5.33. The molecule has 0 aliphatic carbocycles. The smallest absolute Gasteiger partial charge is 0.340 e. The van der Waals surface area contributed by atoms with Crippen molar-refractivity contribution in [3.05, 3.63) is 47.3 Å². The Morgan fingerprint density at radius 1 is 1.07 bits per heavy atom. The van der Waals surface area contributed by atoms with Gasteiger partial charge in [-0.15, -0.1) is 0 Å². The molecule has 7 nitrogen and oxygen atoms in total. The van der Waals surface area contributed by atoms with Crippen molar-refractivity contribution < 1.29 is 19.1 Å². The van der Waals surface area contributed by atoms with Gasteiger partial charge in [-0.05, 0) is 58.0 Å². The molecule has 0 saturated heterocycles. The van der Waals surface area contributed by atoms with E-state index in [2.05, 4.69) is 10.6 Å². The van der Waals surface area contributed by atoms with E-state index < -0.39 is 18.0 Å². The van der Waals surface area contributed by atoms with Crippen molar-refractivity contribution in [1.29, 1.82) is 0 Å². The third-order valence-electron chi connectivity index (χ3n) is 4.24. The van der Waals surface area contributed by atoms with Crippen LogP contribution in [-0.2, 0) is 20.9 Å². The molecule has 2 rings (SSSR count). The van der Waals surface area contributed by atoms with Crippen molar-refractivity contribution in [3.8, 4) is 0 Å². The second-order valence-electron chi connectivity index (χ2n) is 6.32. The highest BCUT2D eigenvalue weighted by Gasteiger charge is 2.22. The van der Waals surface area contributed by atoms with Crippen LogP contribution in [-0.4, -0.2) is 28.5 Å². The Balaban J connectivity index is 1.99. The van der Waals surface area contributed by atoms with Gasteiger partial charge in [0.25, 0.3) is 5.91 Å². The summed E-state index contributed by atoms with van der Waals surface area (Å²) < 4.78 is 7.33. The molecule has 27 heavy (non-hydrogen) atoms. The van der Waals surface area contributed by atoms with Gasteiger partial charge in [-0.3, -0.25) is 9.59 Å². The molecule has 2 aromatic rings. The lowest BCUT2D eigenvalue weighted by molar-refractivity contribution is -0.123. The van der Waals surface area contributed by atoms with Gasteiger partial charge in [0.05, 0.1) is 5.56 Å². The first-order valence-electron chi connectivity index (χ1n) is 8.79. The number of esters is 1. The summed E-state index contributed by atoms with van der Waals surface area (Å²) in [6.45, 7) is 9.49. The number of rotatable bonds is 6. The first kappa shape index (κ1) is 20.2. The topological polar surface area (TPSA) is 89.4 Å². The maximum Gasteiger partial charge on any atom is 0.340 e. The van der Waals surface area contributed by atoms with Gasteiger partial charge in [0, 0.05) is 36.2 Å². The molecule has 7 heteroatoms. The summed E-state index contributed by atoms with van der Waals surface area (Å²) >= 11 is 0. The van der Waals surface area contributed by atoms with Crippen LogP contribution in [0.4, 0.5) is 11.4 Å². The van der Waals surface area contributed by atoms with Crippen LogP contribution in [0.1, 0.15) is 42.5 Å². The summed E-state index contributed by atoms with van der Waals surface area (Å²) in [5.74, 6) is -1.12. The fourth-order valence-corrected chi connectivity index (χ4v) is 2.86. The van der Waals surface area contributed by atoms with Crippen LogP contribution in [0.15, 0.2) is 30.3 Å². The number of aryl methyl sites for hydroxylation is 1. The highest BCUT2D eigenvalue weighted by Crippen LogP contribution is 2.18. The molecule has 144 valence electrons. The third kappa shape index (κ3) is 4.97. The monoisotopic (exact) mass is 371 g/mol. The maximum atomic E-state index is 12.4. The van der Waals surface area contributed by atoms with E-state index in [1.165, 1.54) is 13.8 Å². The summed E-state index contributed by atoms with van der Waals surface area (Å²) in [6.07, 6.45) is -0.947. The van der Waals surface area contributed by atoms with Crippen molar-refractivity contribution in [3.63, 3.8) is 0 Å².